The Bertz CT molecular complexity index is 643. The van der Waals surface area contributed by atoms with E-state index in [4.69, 9.17) is 4.74 Å². The SMILES string of the molecule is O=C(CCOCc1ccccc1)N1CCNCc2ccccc21. The third-order valence-corrected chi connectivity index (χ3v) is 3.98. The second-order valence-electron chi connectivity index (χ2n) is 5.64. The van der Waals surface area contributed by atoms with Gasteiger partial charge in [-0.05, 0) is 17.2 Å². The first kappa shape index (κ1) is 15.7. The maximum absolute atomic E-state index is 12.5. The van der Waals surface area contributed by atoms with Crippen LogP contribution in [0.3, 0.4) is 0 Å². The van der Waals surface area contributed by atoms with Crippen LogP contribution in [-0.2, 0) is 22.7 Å². The molecule has 120 valence electrons. The average molecular weight is 310 g/mol. The first-order chi connectivity index (χ1) is 11.3. The largest absolute Gasteiger partial charge is 0.376 e. The molecule has 4 nitrogen and oxygen atoms in total. The first-order valence-electron chi connectivity index (χ1n) is 8.05. The van der Waals surface area contributed by atoms with Crippen molar-refractivity contribution in [1.82, 2.24) is 5.32 Å². The molecule has 0 aliphatic carbocycles. The van der Waals surface area contributed by atoms with E-state index >= 15 is 0 Å². The smallest absolute Gasteiger partial charge is 0.229 e. The normalized spacial score (nSPS) is 14.2. The summed E-state index contributed by atoms with van der Waals surface area (Å²) in [5.74, 6) is 0.120. The summed E-state index contributed by atoms with van der Waals surface area (Å²) in [5, 5.41) is 3.35. The van der Waals surface area contributed by atoms with Gasteiger partial charge in [-0.25, -0.2) is 0 Å². The highest BCUT2D eigenvalue weighted by molar-refractivity contribution is 5.94. The van der Waals surface area contributed by atoms with Crippen molar-refractivity contribution in [3.05, 3.63) is 65.7 Å². The molecule has 1 amide bonds. The third-order valence-electron chi connectivity index (χ3n) is 3.98. The number of para-hydroxylation sites is 1. The fourth-order valence-corrected chi connectivity index (χ4v) is 2.78. The number of fused-ring (bicyclic) bond motifs is 1. The molecule has 23 heavy (non-hydrogen) atoms. The Morgan fingerprint density at radius 3 is 2.74 bits per heavy atom. The van der Waals surface area contributed by atoms with Crippen LogP contribution in [0.25, 0.3) is 0 Å². The van der Waals surface area contributed by atoms with Gasteiger partial charge in [0.2, 0.25) is 5.91 Å². The van der Waals surface area contributed by atoms with Gasteiger partial charge in [0.05, 0.1) is 19.6 Å². The molecule has 0 bridgehead atoms. The minimum atomic E-state index is 0.120. The van der Waals surface area contributed by atoms with Crippen molar-refractivity contribution in [3.63, 3.8) is 0 Å². The number of amides is 1. The number of nitrogens with one attached hydrogen (secondary N) is 1. The summed E-state index contributed by atoms with van der Waals surface area (Å²) in [7, 11) is 0. The van der Waals surface area contributed by atoms with Crippen LogP contribution < -0.4 is 10.2 Å². The summed E-state index contributed by atoms with van der Waals surface area (Å²) < 4.78 is 5.64. The zero-order chi connectivity index (χ0) is 15.9. The van der Waals surface area contributed by atoms with Crippen molar-refractivity contribution in [3.8, 4) is 0 Å². The molecule has 0 spiro atoms. The quantitative estimate of drug-likeness (QED) is 0.864. The molecule has 2 aromatic rings. The van der Waals surface area contributed by atoms with Crippen LogP contribution in [0.15, 0.2) is 54.6 Å². The number of ether oxygens (including phenoxy) is 1. The second-order valence-corrected chi connectivity index (χ2v) is 5.64. The van der Waals surface area contributed by atoms with E-state index in [-0.39, 0.29) is 5.91 Å². The summed E-state index contributed by atoms with van der Waals surface area (Å²) in [4.78, 5) is 14.4. The third kappa shape index (κ3) is 4.18. The minimum Gasteiger partial charge on any atom is -0.376 e. The molecule has 1 N–H and O–H groups in total. The molecule has 0 unspecified atom stereocenters. The first-order valence-corrected chi connectivity index (χ1v) is 8.05. The fourth-order valence-electron chi connectivity index (χ4n) is 2.78. The maximum atomic E-state index is 12.5. The Hall–Kier alpha value is -2.17. The molecule has 3 rings (SSSR count). The molecule has 0 saturated heterocycles. The Balaban J connectivity index is 1.54. The number of hydrogen-bond donors (Lipinski definition) is 1. The van der Waals surface area contributed by atoms with Crippen molar-refractivity contribution in [2.45, 2.75) is 19.6 Å². The highest BCUT2D eigenvalue weighted by Crippen LogP contribution is 2.22. The summed E-state index contributed by atoms with van der Waals surface area (Å²) in [6, 6.07) is 18.1. The van der Waals surface area contributed by atoms with Gasteiger partial charge < -0.3 is 15.0 Å². The number of anilines is 1. The molecule has 0 fully saturated rings. The molecule has 1 heterocycles. The van der Waals surface area contributed by atoms with Gasteiger partial charge >= 0.3 is 0 Å². The molecular weight excluding hydrogens is 288 g/mol. The van der Waals surface area contributed by atoms with E-state index < -0.39 is 0 Å². The van der Waals surface area contributed by atoms with Crippen molar-refractivity contribution >= 4 is 11.6 Å². The van der Waals surface area contributed by atoms with Gasteiger partial charge in [0.25, 0.3) is 0 Å². The van der Waals surface area contributed by atoms with Crippen LogP contribution in [0.4, 0.5) is 5.69 Å². The Labute approximate surface area is 137 Å². The van der Waals surface area contributed by atoms with Crippen LogP contribution in [0.1, 0.15) is 17.5 Å². The van der Waals surface area contributed by atoms with Gasteiger partial charge in [-0.15, -0.1) is 0 Å². The standard InChI is InChI=1S/C19H22N2O2/c22-19(10-13-23-15-16-6-2-1-3-7-16)21-12-11-20-14-17-8-4-5-9-18(17)21/h1-9,20H,10-15H2. The van der Waals surface area contributed by atoms with E-state index in [9.17, 15) is 4.79 Å². The predicted octanol–water partition coefficient (Wildman–Crippen LogP) is 2.73. The highest BCUT2D eigenvalue weighted by Gasteiger charge is 2.20. The van der Waals surface area contributed by atoms with E-state index in [1.807, 2.05) is 53.4 Å². The van der Waals surface area contributed by atoms with Gasteiger partial charge in [0.1, 0.15) is 0 Å². The van der Waals surface area contributed by atoms with E-state index in [1.54, 1.807) is 0 Å². The lowest BCUT2D eigenvalue weighted by Gasteiger charge is -2.22. The van der Waals surface area contributed by atoms with Crippen LogP contribution in [0.2, 0.25) is 0 Å². The van der Waals surface area contributed by atoms with Gasteiger partial charge in [0.15, 0.2) is 0 Å². The van der Waals surface area contributed by atoms with Crippen LogP contribution in [0, 0.1) is 0 Å². The molecule has 2 aromatic carbocycles. The van der Waals surface area contributed by atoms with Crippen LogP contribution >= 0.6 is 0 Å². The number of hydrogen-bond acceptors (Lipinski definition) is 3. The van der Waals surface area contributed by atoms with Crippen LogP contribution in [0.5, 0.6) is 0 Å². The van der Waals surface area contributed by atoms with Gasteiger partial charge in [0, 0.05) is 25.3 Å². The summed E-state index contributed by atoms with van der Waals surface area (Å²) in [6.45, 7) is 3.32. The van der Waals surface area contributed by atoms with Crippen molar-refractivity contribution < 1.29 is 9.53 Å². The zero-order valence-corrected chi connectivity index (χ0v) is 13.2. The zero-order valence-electron chi connectivity index (χ0n) is 13.2. The maximum Gasteiger partial charge on any atom is 0.229 e. The van der Waals surface area contributed by atoms with Gasteiger partial charge in [-0.2, -0.15) is 0 Å². The van der Waals surface area contributed by atoms with E-state index in [1.165, 1.54) is 5.56 Å². The summed E-state index contributed by atoms with van der Waals surface area (Å²) in [6.07, 6.45) is 0.404. The number of carbonyl (C=O) groups excluding carboxylic acids is 1. The van der Waals surface area contributed by atoms with Crippen molar-refractivity contribution in [2.24, 2.45) is 0 Å². The van der Waals surface area contributed by atoms with Gasteiger partial charge in [-0.3, -0.25) is 4.79 Å². The number of benzene rings is 2. The average Bonchev–Trinajstić information content (AvgIpc) is 2.82. The number of carbonyl (C=O) groups is 1. The minimum absolute atomic E-state index is 0.120. The fraction of sp³-hybridized carbons (Fsp3) is 0.316. The monoisotopic (exact) mass is 310 g/mol. The highest BCUT2D eigenvalue weighted by atomic mass is 16.5. The van der Waals surface area contributed by atoms with Crippen molar-refractivity contribution in [1.29, 1.82) is 0 Å². The lowest BCUT2D eigenvalue weighted by atomic mass is 10.1. The van der Waals surface area contributed by atoms with E-state index in [0.29, 0.717) is 26.2 Å². The number of nitrogens with zero attached hydrogens (tertiary/aromatic N) is 1. The lowest BCUT2D eigenvalue weighted by molar-refractivity contribution is -0.119. The van der Waals surface area contributed by atoms with E-state index in [0.717, 1.165) is 24.3 Å². The molecular formula is C19H22N2O2. The second kappa shape index (κ2) is 7.90. The Kier molecular flexibility index (Phi) is 5.40. The summed E-state index contributed by atoms with van der Waals surface area (Å²) in [5.41, 5.74) is 3.32. The van der Waals surface area contributed by atoms with Gasteiger partial charge in [-0.1, -0.05) is 48.5 Å². The van der Waals surface area contributed by atoms with Crippen LogP contribution in [-0.4, -0.2) is 25.6 Å². The predicted molar refractivity (Wildman–Crippen MR) is 91.2 cm³/mol. The molecule has 4 heteroatoms. The Morgan fingerprint density at radius 1 is 1.09 bits per heavy atom. The molecule has 1 aliphatic rings. The summed E-state index contributed by atoms with van der Waals surface area (Å²) >= 11 is 0. The number of rotatable bonds is 5. The molecule has 0 atom stereocenters. The Morgan fingerprint density at radius 2 is 1.87 bits per heavy atom. The molecule has 0 aromatic heterocycles. The van der Waals surface area contributed by atoms with E-state index in [2.05, 4.69) is 11.4 Å². The lowest BCUT2D eigenvalue weighted by Crippen LogP contribution is -2.35. The molecule has 0 saturated carbocycles. The topological polar surface area (TPSA) is 41.6 Å². The molecule has 1 aliphatic heterocycles. The molecule has 0 radical (unpaired) electrons. The van der Waals surface area contributed by atoms with Crippen molar-refractivity contribution in [2.75, 3.05) is 24.6 Å².